The number of aromatic hydroxyl groups is 1. The molecule has 4 aromatic rings. The van der Waals surface area contributed by atoms with E-state index in [0.717, 1.165) is 58.2 Å². The van der Waals surface area contributed by atoms with Gasteiger partial charge in [0.15, 0.2) is 5.82 Å². The Morgan fingerprint density at radius 1 is 1.18 bits per heavy atom. The first-order valence-corrected chi connectivity index (χ1v) is 11.6. The Kier molecular flexibility index (Phi) is 6.70. The second kappa shape index (κ2) is 9.67. The number of alkyl halides is 1. The quantitative estimate of drug-likeness (QED) is 0.334. The van der Waals surface area contributed by atoms with Crippen LogP contribution < -0.4 is 11.1 Å². The topological polar surface area (TPSA) is 106 Å². The van der Waals surface area contributed by atoms with Gasteiger partial charge in [-0.15, -0.1) is 11.6 Å². The standard InChI is InChI=1S/C25H28ClN5O2/c1-3-4-5-21-30-23-24(31(21)14-17-7-9-20(32)15(2)10-17)18-8-6-16(13-28-22(33)12-26)11-19(18)29-25(23)27/h6-11,32H,3-5,12-14H2,1-2H3,(H2,27,29)(H,28,33). The van der Waals surface area contributed by atoms with Crippen LogP contribution in [-0.2, 0) is 24.3 Å². The smallest absolute Gasteiger partial charge is 0.235 e. The van der Waals surface area contributed by atoms with Crippen LogP contribution in [0.3, 0.4) is 0 Å². The number of imidazole rings is 1. The number of rotatable bonds is 8. The second-order valence-electron chi connectivity index (χ2n) is 8.29. The number of benzene rings is 2. The maximum absolute atomic E-state index is 11.5. The van der Waals surface area contributed by atoms with E-state index in [0.29, 0.717) is 24.4 Å². The molecule has 172 valence electrons. The molecular weight excluding hydrogens is 438 g/mol. The van der Waals surface area contributed by atoms with Gasteiger partial charge in [0.05, 0.1) is 11.0 Å². The van der Waals surface area contributed by atoms with E-state index in [1.165, 1.54) is 0 Å². The molecule has 0 spiro atoms. The van der Waals surface area contributed by atoms with Gasteiger partial charge in [0.1, 0.15) is 23.0 Å². The van der Waals surface area contributed by atoms with Crippen molar-refractivity contribution >= 4 is 45.3 Å². The zero-order valence-corrected chi connectivity index (χ0v) is 19.6. The number of fused-ring (bicyclic) bond motifs is 3. The highest BCUT2D eigenvalue weighted by Gasteiger charge is 2.18. The van der Waals surface area contributed by atoms with Crippen molar-refractivity contribution in [2.24, 2.45) is 0 Å². The number of aromatic nitrogens is 3. The molecule has 0 fully saturated rings. The van der Waals surface area contributed by atoms with Gasteiger partial charge in [-0.1, -0.05) is 37.6 Å². The van der Waals surface area contributed by atoms with Gasteiger partial charge in [-0.25, -0.2) is 9.97 Å². The number of hydrogen-bond acceptors (Lipinski definition) is 5. The number of hydrogen-bond donors (Lipinski definition) is 3. The molecule has 0 aliphatic heterocycles. The van der Waals surface area contributed by atoms with E-state index in [9.17, 15) is 9.90 Å². The Hall–Kier alpha value is -3.32. The largest absolute Gasteiger partial charge is 0.508 e. The van der Waals surface area contributed by atoms with Crippen LogP contribution in [0.1, 0.15) is 42.3 Å². The lowest BCUT2D eigenvalue weighted by atomic mass is 10.1. The molecule has 0 saturated carbocycles. The molecule has 2 aromatic heterocycles. The molecule has 1 amide bonds. The summed E-state index contributed by atoms with van der Waals surface area (Å²) in [5, 5.41) is 13.7. The lowest BCUT2D eigenvalue weighted by Gasteiger charge is -2.13. The van der Waals surface area contributed by atoms with E-state index < -0.39 is 0 Å². The van der Waals surface area contributed by atoms with Crippen LogP contribution in [0.2, 0.25) is 0 Å². The fourth-order valence-corrected chi connectivity index (χ4v) is 4.15. The number of aryl methyl sites for hydroxylation is 2. The number of amides is 1. The molecule has 8 heteroatoms. The van der Waals surface area contributed by atoms with Gasteiger partial charge in [0.2, 0.25) is 5.91 Å². The number of nitrogens with one attached hydrogen (secondary N) is 1. The van der Waals surface area contributed by atoms with Crippen molar-refractivity contribution in [3.8, 4) is 5.75 Å². The fourth-order valence-electron chi connectivity index (χ4n) is 4.06. The third-order valence-electron chi connectivity index (χ3n) is 5.81. The number of nitrogens with two attached hydrogens (primary N) is 1. The number of nitrogens with zero attached hydrogens (tertiary/aromatic N) is 3. The number of unbranched alkanes of at least 4 members (excludes halogenated alkanes) is 1. The first kappa shape index (κ1) is 22.9. The van der Waals surface area contributed by atoms with Gasteiger partial charge >= 0.3 is 0 Å². The van der Waals surface area contributed by atoms with Crippen LogP contribution in [-0.4, -0.2) is 31.4 Å². The summed E-state index contributed by atoms with van der Waals surface area (Å²) < 4.78 is 2.21. The molecule has 0 atom stereocenters. The number of nitrogen functional groups attached to an aromatic ring is 1. The minimum Gasteiger partial charge on any atom is -0.508 e. The van der Waals surface area contributed by atoms with Gasteiger partial charge in [-0.2, -0.15) is 0 Å². The van der Waals surface area contributed by atoms with Crippen LogP contribution in [0, 0.1) is 6.92 Å². The van der Waals surface area contributed by atoms with Gasteiger partial charge in [0, 0.05) is 24.9 Å². The van der Waals surface area contributed by atoms with Gasteiger partial charge in [0.25, 0.3) is 0 Å². The second-order valence-corrected chi connectivity index (χ2v) is 8.56. The first-order chi connectivity index (χ1) is 15.9. The average molecular weight is 466 g/mol. The molecule has 33 heavy (non-hydrogen) atoms. The van der Waals surface area contributed by atoms with Crippen molar-refractivity contribution in [2.75, 3.05) is 11.6 Å². The summed E-state index contributed by atoms with van der Waals surface area (Å²) in [7, 11) is 0. The summed E-state index contributed by atoms with van der Waals surface area (Å²) in [5.41, 5.74) is 11.6. The average Bonchev–Trinajstić information content (AvgIpc) is 3.17. The highest BCUT2D eigenvalue weighted by atomic mass is 35.5. The molecule has 0 aliphatic rings. The van der Waals surface area contributed by atoms with Gasteiger partial charge in [-0.05, 0) is 42.2 Å². The monoisotopic (exact) mass is 465 g/mol. The Labute approximate surface area is 197 Å². The summed E-state index contributed by atoms with van der Waals surface area (Å²) in [4.78, 5) is 21.0. The maximum Gasteiger partial charge on any atom is 0.235 e. The van der Waals surface area contributed by atoms with Crippen molar-refractivity contribution < 1.29 is 9.90 Å². The van der Waals surface area contributed by atoms with Crippen LogP contribution in [0.25, 0.3) is 21.9 Å². The van der Waals surface area contributed by atoms with E-state index in [2.05, 4.69) is 21.8 Å². The summed E-state index contributed by atoms with van der Waals surface area (Å²) >= 11 is 5.58. The Morgan fingerprint density at radius 2 is 1.97 bits per heavy atom. The minimum atomic E-state index is -0.220. The molecule has 0 radical (unpaired) electrons. The highest BCUT2D eigenvalue weighted by molar-refractivity contribution is 6.27. The van der Waals surface area contributed by atoms with E-state index in [1.54, 1.807) is 6.07 Å². The van der Waals surface area contributed by atoms with Crippen molar-refractivity contribution in [2.45, 2.75) is 46.2 Å². The van der Waals surface area contributed by atoms with E-state index in [4.69, 9.17) is 22.3 Å². The maximum atomic E-state index is 11.5. The summed E-state index contributed by atoms with van der Waals surface area (Å²) in [6.45, 7) is 5.04. The summed E-state index contributed by atoms with van der Waals surface area (Å²) in [6.07, 6.45) is 2.92. The number of carbonyl (C=O) groups is 1. The van der Waals surface area contributed by atoms with Gasteiger partial charge < -0.3 is 20.7 Å². The number of phenolic OH excluding ortho intramolecular Hbond substituents is 1. The number of pyridine rings is 1. The lowest BCUT2D eigenvalue weighted by molar-refractivity contribution is -0.118. The van der Waals surface area contributed by atoms with Crippen molar-refractivity contribution in [3.63, 3.8) is 0 Å². The van der Waals surface area contributed by atoms with E-state index >= 15 is 0 Å². The molecule has 2 aromatic carbocycles. The number of carbonyl (C=O) groups excluding carboxylic acids is 1. The number of phenols is 1. The van der Waals surface area contributed by atoms with Crippen molar-refractivity contribution in [1.82, 2.24) is 19.9 Å². The molecule has 4 rings (SSSR count). The van der Waals surface area contributed by atoms with Crippen LogP contribution >= 0.6 is 11.6 Å². The van der Waals surface area contributed by atoms with E-state index in [-0.39, 0.29) is 17.5 Å². The fraction of sp³-hybridized carbons (Fsp3) is 0.320. The van der Waals surface area contributed by atoms with Crippen molar-refractivity contribution in [1.29, 1.82) is 0 Å². The molecule has 2 heterocycles. The minimum absolute atomic E-state index is 0.0736. The predicted molar refractivity (Wildman–Crippen MR) is 133 cm³/mol. The first-order valence-electron chi connectivity index (χ1n) is 11.1. The predicted octanol–water partition coefficient (Wildman–Crippen LogP) is 4.43. The van der Waals surface area contributed by atoms with Gasteiger partial charge in [-0.3, -0.25) is 4.79 Å². The Balaban J connectivity index is 1.85. The molecular formula is C25H28ClN5O2. The number of anilines is 1. The highest BCUT2D eigenvalue weighted by Crippen LogP contribution is 2.31. The third kappa shape index (κ3) is 4.73. The Bertz CT molecular complexity index is 1330. The lowest BCUT2D eigenvalue weighted by Crippen LogP contribution is -2.23. The number of halogens is 1. The van der Waals surface area contributed by atoms with Crippen LogP contribution in [0.4, 0.5) is 5.82 Å². The Morgan fingerprint density at radius 3 is 2.70 bits per heavy atom. The van der Waals surface area contributed by atoms with E-state index in [1.807, 2.05) is 37.3 Å². The molecule has 0 saturated heterocycles. The molecule has 0 aliphatic carbocycles. The molecule has 7 nitrogen and oxygen atoms in total. The van der Waals surface area contributed by atoms with Crippen molar-refractivity contribution in [3.05, 3.63) is 58.9 Å². The molecule has 0 bridgehead atoms. The summed E-state index contributed by atoms with van der Waals surface area (Å²) in [6, 6.07) is 11.6. The SMILES string of the molecule is CCCCc1nc2c(N)nc3cc(CNC(=O)CCl)ccc3c2n1Cc1ccc(O)c(C)c1. The molecule has 0 unspecified atom stereocenters. The normalized spacial score (nSPS) is 11.4. The molecule has 4 N–H and O–H groups in total. The zero-order valence-electron chi connectivity index (χ0n) is 18.9. The third-order valence-corrected chi connectivity index (χ3v) is 6.06. The summed E-state index contributed by atoms with van der Waals surface area (Å²) in [5.74, 6) is 1.35. The van der Waals surface area contributed by atoms with Crippen LogP contribution in [0.5, 0.6) is 5.75 Å². The van der Waals surface area contributed by atoms with Crippen LogP contribution in [0.15, 0.2) is 36.4 Å². The zero-order chi connectivity index (χ0) is 23.5.